The van der Waals surface area contributed by atoms with E-state index in [0.29, 0.717) is 6.54 Å². The SMILES string of the molecule is Cc1nnc(N2CCN(C)CC2)c(CN)c1C. The molecular weight excluding hydrogens is 214 g/mol. The molecule has 0 bridgehead atoms. The summed E-state index contributed by atoms with van der Waals surface area (Å²) in [5.41, 5.74) is 9.14. The van der Waals surface area contributed by atoms with E-state index >= 15 is 0 Å². The van der Waals surface area contributed by atoms with Gasteiger partial charge in [-0.1, -0.05) is 0 Å². The maximum absolute atomic E-state index is 5.85. The summed E-state index contributed by atoms with van der Waals surface area (Å²) in [6.45, 7) is 8.73. The molecule has 1 aromatic heterocycles. The second-order valence-corrected chi connectivity index (χ2v) is 4.71. The molecule has 0 aliphatic carbocycles. The Bertz CT molecular complexity index is 396. The van der Waals surface area contributed by atoms with Crippen molar-refractivity contribution in [2.45, 2.75) is 20.4 Å². The number of rotatable bonds is 2. The first-order valence-corrected chi connectivity index (χ1v) is 6.09. The lowest BCUT2D eigenvalue weighted by molar-refractivity contribution is 0.311. The van der Waals surface area contributed by atoms with Crippen LogP contribution in [0, 0.1) is 13.8 Å². The lowest BCUT2D eigenvalue weighted by Crippen LogP contribution is -2.45. The Hall–Kier alpha value is -1.20. The van der Waals surface area contributed by atoms with Crippen molar-refractivity contribution in [3.63, 3.8) is 0 Å². The van der Waals surface area contributed by atoms with Gasteiger partial charge in [0, 0.05) is 38.3 Å². The number of nitrogens with two attached hydrogens (primary N) is 1. The summed E-state index contributed by atoms with van der Waals surface area (Å²) < 4.78 is 0. The van der Waals surface area contributed by atoms with E-state index in [1.54, 1.807) is 0 Å². The number of hydrogen-bond donors (Lipinski definition) is 1. The first-order valence-electron chi connectivity index (χ1n) is 6.09. The van der Waals surface area contributed by atoms with Crippen molar-refractivity contribution in [1.29, 1.82) is 0 Å². The standard InChI is InChI=1S/C12H21N5/c1-9-10(2)14-15-12(11(9)8-13)17-6-4-16(3)5-7-17/h4-8,13H2,1-3H3. The fourth-order valence-electron chi connectivity index (χ4n) is 2.16. The molecule has 1 saturated heterocycles. The van der Waals surface area contributed by atoms with E-state index < -0.39 is 0 Å². The van der Waals surface area contributed by atoms with Crippen molar-refractivity contribution in [2.24, 2.45) is 5.73 Å². The van der Waals surface area contributed by atoms with Crippen LogP contribution in [0.25, 0.3) is 0 Å². The van der Waals surface area contributed by atoms with Crippen LogP contribution in [-0.4, -0.2) is 48.3 Å². The topological polar surface area (TPSA) is 58.3 Å². The molecule has 0 saturated carbocycles. The second kappa shape index (κ2) is 4.98. The van der Waals surface area contributed by atoms with Gasteiger partial charge in [-0.3, -0.25) is 0 Å². The molecule has 5 heteroatoms. The van der Waals surface area contributed by atoms with Crippen molar-refractivity contribution in [2.75, 3.05) is 38.1 Å². The van der Waals surface area contributed by atoms with Gasteiger partial charge in [-0.2, -0.15) is 5.10 Å². The average Bonchev–Trinajstić information content (AvgIpc) is 2.34. The van der Waals surface area contributed by atoms with Crippen LogP contribution in [0.5, 0.6) is 0 Å². The quantitative estimate of drug-likeness (QED) is 0.799. The molecule has 2 N–H and O–H groups in total. The summed E-state index contributed by atoms with van der Waals surface area (Å²) in [5.74, 6) is 0.976. The van der Waals surface area contributed by atoms with Gasteiger partial charge in [-0.05, 0) is 26.5 Å². The van der Waals surface area contributed by atoms with Gasteiger partial charge in [0.05, 0.1) is 5.69 Å². The molecule has 1 fully saturated rings. The zero-order chi connectivity index (χ0) is 12.4. The molecule has 2 heterocycles. The molecular formula is C12H21N5. The summed E-state index contributed by atoms with van der Waals surface area (Å²) in [6, 6.07) is 0. The molecule has 0 aromatic carbocycles. The first kappa shape index (κ1) is 12.3. The lowest BCUT2D eigenvalue weighted by atomic mass is 10.1. The third kappa shape index (κ3) is 2.40. The van der Waals surface area contributed by atoms with Gasteiger partial charge in [0.1, 0.15) is 0 Å². The predicted molar refractivity (Wildman–Crippen MR) is 69.1 cm³/mol. The van der Waals surface area contributed by atoms with E-state index in [9.17, 15) is 0 Å². The maximum atomic E-state index is 5.85. The Balaban J connectivity index is 2.29. The largest absolute Gasteiger partial charge is 0.352 e. The van der Waals surface area contributed by atoms with Gasteiger partial charge >= 0.3 is 0 Å². The molecule has 17 heavy (non-hydrogen) atoms. The lowest BCUT2D eigenvalue weighted by Gasteiger charge is -2.34. The van der Waals surface area contributed by atoms with Crippen LogP contribution < -0.4 is 10.6 Å². The highest BCUT2D eigenvalue weighted by atomic mass is 15.3. The Morgan fingerprint density at radius 1 is 1.12 bits per heavy atom. The molecule has 0 amide bonds. The van der Waals surface area contributed by atoms with E-state index in [0.717, 1.165) is 43.3 Å². The molecule has 0 unspecified atom stereocenters. The minimum atomic E-state index is 0.532. The van der Waals surface area contributed by atoms with E-state index in [2.05, 4.69) is 34.0 Å². The Morgan fingerprint density at radius 3 is 2.35 bits per heavy atom. The van der Waals surface area contributed by atoms with Crippen LogP contribution in [-0.2, 0) is 6.54 Å². The molecule has 1 aromatic rings. The molecule has 94 valence electrons. The minimum Gasteiger partial charge on any atom is -0.352 e. The summed E-state index contributed by atoms with van der Waals surface area (Å²) in [7, 11) is 2.15. The number of piperazine rings is 1. The third-order valence-electron chi connectivity index (χ3n) is 3.57. The van der Waals surface area contributed by atoms with Gasteiger partial charge in [-0.15, -0.1) is 5.10 Å². The highest BCUT2D eigenvalue weighted by molar-refractivity contribution is 5.51. The van der Waals surface area contributed by atoms with Crippen molar-refractivity contribution >= 4 is 5.82 Å². The van der Waals surface area contributed by atoms with E-state index in [-0.39, 0.29) is 0 Å². The van der Waals surface area contributed by atoms with Gasteiger partial charge in [0.25, 0.3) is 0 Å². The molecule has 0 radical (unpaired) electrons. The Labute approximate surface area is 103 Å². The molecule has 1 aliphatic rings. The number of likely N-dealkylation sites (N-methyl/N-ethyl adjacent to an activating group) is 1. The van der Waals surface area contributed by atoms with Gasteiger partial charge < -0.3 is 15.5 Å². The van der Waals surface area contributed by atoms with Crippen LogP contribution in [0.15, 0.2) is 0 Å². The number of nitrogens with zero attached hydrogens (tertiary/aromatic N) is 4. The first-order chi connectivity index (χ1) is 8.13. The fourth-order valence-corrected chi connectivity index (χ4v) is 2.16. The van der Waals surface area contributed by atoms with Crippen LogP contribution in [0.2, 0.25) is 0 Å². The molecule has 1 aliphatic heterocycles. The zero-order valence-corrected chi connectivity index (χ0v) is 10.9. The molecule has 0 spiro atoms. The number of anilines is 1. The molecule has 2 rings (SSSR count). The summed E-state index contributed by atoms with van der Waals surface area (Å²) in [6.07, 6.45) is 0. The number of hydrogen-bond acceptors (Lipinski definition) is 5. The number of aromatic nitrogens is 2. The van der Waals surface area contributed by atoms with E-state index in [4.69, 9.17) is 5.73 Å². The Kier molecular flexibility index (Phi) is 3.59. The summed E-state index contributed by atoms with van der Waals surface area (Å²) in [4.78, 5) is 4.62. The van der Waals surface area contributed by atoms with Crippen LogP contribution >= 0.6 is 0 Å². The van der Waals surface area contributed by atoms with Crippen molar-refractivity contribution < 1.29 is 0 Å². The molecule has 5 nitrogen and oxygen atoms in total. The highest BCUT2D eigenvalue weighted by Gasteiger charge is 2.19. The Morgan fingerprint density at radius 2 is 1.76 bits per heavy atom. The normalized spacial score (nSPS) is 17.5. The van der Waals surface area contributed by atoms with E-state index in [1.807, 2.05) is 6.92 Å². The number of aryl methyl sites for hydroxylation is 1. The van der Waals surface area contributed by atoms with Crippen molar-refractivity contribution in [3.8, 4) is 0 Å². The van der Waals surface area contributed by atoms with Gasteiger partial charge in [0.2, 0.25) is 0 Å². The smallest absolute Gasteiger partial charge is 0.156 e. The molecule has 0 atom stereocenters. The highest BCUT2D eigenvalue weighted by Crippen LogP contribution is 2.22. The third-order valence-corrected chi connectivity index (χ3v) is 3.57. The summed E-state index contributed by atoms with van der Waals surface area (Å²) >= 11 is 0. The predicted octanol–water partition coefficient (Wildman–Crippen LogP) is 0.304. The van der Waals surface area contributed by atoms with Crippen LogP contribution in [0.4, 0.5) is 5.82 Å². The van der Waals surface area contributed by atoms with E-state index in [1.165, 1.54) is 5.56 Å². The van der Waals surface area contributed by atoms with Crippen LogP contribution in [0.1, 0.15) is 16.8 Å². The monoisotopic (exact) mass is 235 g/mol. The average molecular weight is 235 g/mol. The fraction of sp³-hybridized carbons (Fsp3) is 0.667. The zero-order valence-electron chi connectivity index (χ0n) is 10.9. The van der Waals surface area contributed by atoms with Gasteiger partial charge in [0.15, 0.2) is 5.82 Å². The van der Waals surface area contributed by atoms with Crippen LogP contribution in [0.3, 0.4) is 0 Å². The van der Waals surface area contributed by atoms with Crippen molar-refractivity contribution in [3.05, 3.63) is 16.8 Å². The maximum Gasteiger partial charge on any atom is 0.156 e. The summed E-state index contributed by atoms with van der Waals surface area (Å²) in [5, 5.41) is 8.56. The van der Waals surface area contributed by atoms with Gasteiger partial charge in [-0.25, -0.2) is 0 Å². The second-order valence-electron chi connectivity index (χ2n) is 4.71. The van der Waals surface area contributed by atoms with Crippen molar-refractivity contribution in [1.82, 2.24) is 15.1 Å². The minimum absolute atomic E-state index is 0.532.